The maximum atomic E-state index is 11.2. The van der Waals surface area contributed by atoms with Gasteiger partial charge in [-0.15, -0.1) is 0 Å². The van der Waals surface area contributed by atoms with E-state index in [0.717, 1.165) is 25.2 Å². The average Bonchev–Trinajstić information content (AvgIpc) is 3.16. The van der Waals surface area contributed by atoms with Crippen molar-refractivity contribution in [2.45, 2.75) is 91.1 Å². The van der Waals surface area contributed by atoms with E-state index in [9.17, 15) is 19.5 Å². The molecule has 2 unspecified atom stereocenters. The molecule has 1 heterocycles. The van der Waals surface area contributed by atoms with E-state index in [-0.39, 0.29) is 57.3 Å². The summed E-state index contributed by atoms with van der Waals surface area (Å²) in [7, 11) is 0. The van der Waals surface area contributed by atoms with Gasteiger partial charge in [-0.1, -0.05) is 58.3 Å². The number of carbonyl (C=O) groups is 3. The van der Waals surface area contributed by atoms with Gasteiger partial charge in [0.1, 0.15) is 19.7 Å². The number of rotatable bonds is 18. The summed E-state index contributed by atoms with van der Waals surface area (Å²) >= 11 is 0. The molecule has 0 aromatic rings. The Bertz CT molecular complexity index is 654. The molecule has 0 saturated heterocycles. The molecule has 36 heavy (non-hydrogen) atoms. The molecule has 10 nitrogen and oxygen atoms in total. The predicted octanol–water partition coefficient (Wildman–Crippen LogP) is -0.197. The number of quaternary nitrogens is 1. The fourth-order valence-corrected chi connectivity index (χ4v) is 4.07. The second-order valence-corrected chi connectivity index (χ2v) is 8.96. The summed E-state index contributed by atoms with van der Waals surface area (Å²) in [6.45, 7) is 6.20. The van der Waals surface area contributed by atoms with E-state index in [0.29, 0.717) is 17.6 Å². The molecule has 1 aliphatic heterocycles. The molecule has 0 radical (unpaired) electrons. The van der Waals surface area contributed by atoms with E-state index in [1.54, 1.807) is 0 Å². The Morgan fingerprint density at radius 1 is 1.00 bits per heavy atom. The molecule has 0 saturated carbocycles. The molecule has 1 aliphatic rings. The standard InChI is InChI=1S/C18H34N2O3.C7H12O5.Na.H/c1-2-3-4-5-6-7-8-9-10-11-17-19-12-13-20(17,14-15-21)16-18(22)23;1-5(9)11-4-7(3-8)12-6(2)10;;/h21H,2-16H2,1H3;7-8H,3-4H2,1-2H3;;/q;;+1;-1/p+1. The van der Waals surface area contributed by atoms with E-state index < -0.39 is 24.0 Å². The smallest absolute Gasteiger partial charge is 1.00 e. The Kier molecular flexibility index (Phi) is 23.8. The maximum absolute atomic E-state index is 11.2. The molecule has 11 heteroatoms. The summed E-state index contributed by atoms with van der Waals surface area (Å²) in [5, 5.41) is 27.1. The quantitative estimate of drug-likeness (QED) is 0.0963. The summed E-state index contributed by atoms with van der Waals surface area (Å²) in [5.74, 6) is -0.800. The largest absolute Gasteiger partial charge is 1.00 e. The van der Waals surface area contributed by atoms with Crippen molar-refractivity contribution in [1.29, 1.82) is 0 Å². The number of aliphatic carboxylic acids is 1. The van der Waals surface area contributed by atoms with Crippen LogP contribution in [0.25, 0.3) is 0 Å². The summed E-state index contributed by atoms with van der Waals surface area (Å²) in [6.07, 6.45) is 11.7. The van der Waals surface area contributed by atoms with E-state index in [4.69, 9.17) is 10.2 Å². The SMILES string of the molecule is CC(=O)OCC(CO)OC(C)=O.CCCCCCCCCCCC1=NCC[N+]1(CCO)CC(=O)O.[H-].[Na+]. The Labute approximate surface area is 239 Å². The third-order valence-corrected chi connectivity index (χ3v) is 5.85. The van der Waals surface area contributed by atoms with Crippen LogP contribution < -0.4 is 29.6 Å². The van der Waals surface area contributed by atoms with Crippen LogP contribution >= 0.6 is 0 Å². The molecule has 0 amide bonds. The number of carbonyl (C=O) groups excluding carboxylic acids is 2. The first-order valence-electron chi connectivity index (χ1n) is 12.8. The van der Waals surface area contributed by atoms with Gasteiger partial charge in [-0.25, -0.2) is 9.79 Å². The first kappa shape index (κ1) is 37.1. The summed E-state index contributed by atoms with van der Waals surface area (Å²) in [5.41, 5.74) is 0. The fraction of sp³-hybridized carbons (Fsp3) is 0.840. The Morgan fingerprint density at radius 2 is 1.58 bits per heavy atom. The minimum atomic E-state index is -0.805. The summed E-state index contributed by atoms with van der Waals surface area (Å²) < 4.78 is 9.47. The number of hydrogen-bond donors (Lipinski definition) is 3. The number of hydrogen-bond acceptors (Lipinski definition) is 8. The fourth-order valence-electron chi connectivity index (χ4n) is 4.07. The van der Waals surface area contributed by atoms with Gasteiger partial charge in [0.2, 0.25) is 0 Å². The molecule has 0 spiro atoms. The van der Waals surface area contributed by atoms with Crippen LogP contribution in [0.1, 0.15) is 86.4 Å². The number of aliphatic hydroxyl groups excluding tert-OH is 2. The molecule has 0 bridgehead atoms. The maximum Gasteiger partial charge on any atom is 1.00 e. The van der Waals surface area contributed by atoms with Gasteiger partial charge in [0, 0.05) is 20.3 Å². The molecular weight excluding hydrogens is 479 g/mol. The van der Waals surface area contributed by atoms with Crippen LogP contribution in [0.5, 0.6) is 0 Å². The van der Waals surface area contributed by atoms with Gasteiger partial charge < -0.3 is 26.2 Å². The number of carboxylic acid groups (broad SMARTS) is 1. The first-order chi connectivity index (χ1) is 16.7. The number of carboxylic acids is 1. The molecule has 3 N–H and O–H groups in total. The van der Waals surface area contributed by atoms with Crippen molar-refractivity contribution in [2.75, 3.05) is 46.0 Å². The zero-order chi connectivity index (χ0) is 26.5. The minimum Gasteiger partial charge on any atom is -1.00 e. The monoisotopic (exact) mass is 527 g/mol. The van der Waals surface area contributed by atoms with E-state index >= 15 is 0 Å². The van der Waals surface area contributed by atoms with E-state index in [2.05, 4.69) is 21.4 Å². The Morgan fingerprint density at radius 3 is 2.06 bits per heavy atom. The van der Waals surface area contributed by atoms with Gasteiger partial charge in [0.15, 0.2) is 18.5 Å². The predicted molar refractivity (Wildman–Crippen MR) is 134 cm³/mol. The number of nitrogens with zero attached hydrogens (tertiary/aromatic N) is 2. The van der Waals surface area contributed by atoms with Crippen LogP contribution in [0, 0.1) is 0 Å². The van der Waals surface area contributed by atoms with E-state index in [1.165, 1.54) is 65.2 Å². The third kappa shape index (κ3) is 18.2. The van der Waals surface area contributed by atoms with Crippen LogP contribution in [-0.2, 0) is 23.9 Å². The van der Waals surface area contributed by atoms with Crippen molar-refractivity contribution in [2.24, 2.45) is 4.99 Å². The average molecular weight is 528 g/mol. The summed E-state index contributed by atoms with van der Waals surface area (Å²) in [4.78, 5) is 36.4. The van der Waals surface area contributed by atoms with Crippen molar-refractivity contribution in [3.63, 3.8) is 0 Å². The van der Waals surface area contributed by atoms with Crippen LogP contribution in [0.15, 0.2) is 4.99 Å². The molecule has 0 fully saturated rings. The van der Waals surface area contributed by atoms with E-state index in [1.807, 2.05) is 0 Å². The second kappa shape index (κ2) is 23.1. The van der Waals surface area contributed by atoms with Gasteiger partial charge >= 0.3 is 47.5 Å². The van der Waals surface area contributed by atoms with Crippen molar-refractivity contribution < 1.29 is 74.6 Å². The third-order valence-electron chi connectivity index (χ3n) is 5.85. The van der Waals surface area contributed by atoms with Gasteiger partial charge in [-0.3, -0.25) is 14.1 Å². The van der Waals surface area contributed by atoms with Gasteiger partial charge in [0.25, 0.3) is 0 Å². The molecule has 206 valence electrons. The van der Waals surface area contributed by atoms with Gasteiger partial charge in [-0.05, 0) is 6.42 Å². The van der Waals surface area contributed by atoms with Crippen molar-refractivity contribution in [1.82, 2.24) is 0 Å². The molecule has 0 aromatic heterocycles. The van der Waals surface area contributed by atoms with Gasteiger partial charge in [-0.2, -0.15) is 0 Å². The number of amidine groups is 1. The number of aliphatic hydroxyl groups is 2. The zero-order valence-electron chi connectivity index (χ0n) is 23.9. The normalized spacial score (nSPS) is 17.2. The topological polar surface area (TPSA) is 143 Å². The van der Waals surface area contributed by atoms with Crippen LogP contribution in [-0.4, -0.2) is 95.6 Å². The Balaban J connectivity index is -0.000000708. The summed E-state index contributed by atoms with van der Waals surface area (Å²) in [6, 6.07) is 0. The molecule has 0 aromatic carbocycles. The van der Waals surface area contributed by atoms with Crippen LogP contribution in [0.3, 0.4) is 0 Å². The van der Waals surface area contributed by atoms with Crippen molar-refractivity contribution in [3.05, 3.63) is 0 Å². The van der Waals surface area contributed by atoms with Crippen molar-refractivity contribution >= 4 is 23.7 Å². The van der Waals surface area contributed by atoms with Crippen molar-refractivity contribution in [3.8, 4) is 0 Å². The second-order valence-electron chi connectivity index (χ2n) is 8.96. The molecular formula is C25H48N2NaO8+. The number of aliphatic imine (C=N–C) groups is 1. The molecule has 1 rings (SSSR count). The zero-order valence-corrected chi connectivity index (χ0v) is 24.9. The first-order valence-corrected chi connectivity index (χ1v) is 12.8. The number of unbranched alkanes of at least 4 members (excludes halogenated alkanes) is 8. The number of ether oxygens (including phenoxy) is 2. The van der Waals surface area contributed by atoms with Crippen LogP contribution in [0.4, 0.5) is 0 Å². The number of esters is 2. The molecule has 2 atom stereocenters. The van der Waals surface area contributed by atoms with Gasteiger partial charge in [0.05, 0.1) is 19.8 Å². The minimum absolute atomic E-state index is 0. The van der Waals surface area contributed by atoms with Crippen LogP contribution in [0.2, 0.25) is 0 Å². The Hall–Kier alpha value is -1.04. The molecule has 0 aliphatic carbocycles.